The molecule has 0 aliphatic rings. The van der Waals surface area contributed by atoms with Gasteiger partial charge in [-0.1, -0.05) is 52.8 Å². The lowest BCUT2D eigenvalue weighted by atomic mass is 10.1. The van der Waals surface area contributed by atoms with E-state index < -0.39 is 0 Å². The Kier molecular flexibility index (Phi) is 30.1. The van der Waals surface area contributed by atoms with E-state index in [2.05, 4.69) is 51.3 Å². The van der Waals surface area contributed by atoms with Gasteiger partial charge in [-0.2, -0.15) is 0 Å². The molecule has 0 saturated heterocycles. The maximum atomic E-state index is 5.40. The van der Waals surface area contributed by atoms with Crippen molar-refractivity contribution in [1.82, 2.24) is 0 Å². The molecule has 0 N–H and O–H groups in total. The highest BCUT2D eigenvalue weighted by Crippen LogP contribution is 2.12. The zero-order valence-corrected chi connectivity index (χ0v) is 22.6. The second-order valence-corrected chi connectivity index (χ2v) is 8.40. The zero-order chi connectivity index (χ0) is 23.8. The van der Waals surface area contributed by atoms with Gasteiger partial charge >= 0.3 is 0 Å². The normalized spacial score (nSPS) is 9.91. The highest BCUT2D eigenvalue weighted by Gasteiger charge is 2.23. The van der Waals surface area contributed by atoms with Crippen LogP contribution in [0.2, 0.25) is 0 Å². The van der Waals surface area contributed by atoms with Crippen LogP contribution in [0.5, 0.6) is 0 Å². The van der Waals surface area contributed by atoms with Crippen molar-refractivity contribution in [2.75, 3.05) is 52.4 Å². The predicted molar refractivity (Wildman–Crippen MR) is 153 cm³/mol. The molecule has 0 amide bonds. The fourth-order valence-corrected chi connectivity index (χ4v) is 3.88. The second-order valence-electron chi connectivity index (χ2n) is 8.40. The Bertz CT molecular complexity index is 527. The minimum atomic E-state index is 0. The summed E-state index contributed by atoms with van der Waals surface area (Å²) >= 11 is 0. The molecule has 0 aromatic heterocycles. The van der Waals surface area contributed by atoms with Crippen molar-refractivity contribution in [3.05, 3.63) is 52.8 Å². The van der Waals surface area contributed by atoms with Crippen LogP contribution >= 0.6 is 0 Å². The fourth-order valence-electron chi connectivity index (χ4n) is 3.88. The summed E-state index contributed by atoms with van der Waals surface area (Å²) in [6, 6.07) is 0. The van der Waals surface area contributed by atoms with Crippen molar-refractivity contribution in [3.8, 4) is 37.0 Å². The van der Waals surface area contributed by atoms with Crippen molar-refractivity contribution < 1.29 is 8.97 Å². The highest BCUT2D eigenvalue weighted by atomic mass is 15.3. The molecule has 0 rings (SSSR count). The van der Waals surface area contributed by atoms with Gasteiger partial charge in [0.2, 0.25) is 0 Å². The molecule has 0 radical (unpaired) electrons. The van der Waals surface area contributed by atoms with Crippen molar-refractivity contribution >= 4 is 0 Å². The third kappa shape index (κ3) is 19.0. The van der Waals surface area contributed by atoms with E-state index in [0.717, 1.165) is 37.1 Å². The SMILES string of the molecule is C#CC[N+](CC#C)(CC#C)CCCCCC.C=CC[N+](CC=C)(CC=C)CCCCC.[CH3-].[CH3-]. The molecular formula is C31H54N2. The van der Waals surface area contributed by atoms with E-state index in [4.69, 9.17) is 19.3 Å². The molecule has 0 spiro atoms. The summed E-state index contributed by atoms with van der Waals surface area (Å²) in [5, 5.41) is 0. The summed E-state index contributed by atoms with van der Waals surface area (Å²) < 4.78 is 1.73. The van der Waals surface area contributed by atoms with Gasteiger partial charge in [0.1, 0.15) is 19.6 Å². The Morgan fingerprint density at radius 2 is 0.909 bits per heavy atom. The predicted octanol–water partition coefficient (Wildman–Crippen LogP) is 6.74. The quantitative estimate of drug-likeness (QED) is 0.0707. The minimum absolute atomic E-state index is 0. The molecule has 188 valence electrons. The van der Waals surface area contributed by atoms with Gasteiger partial charge in [0, 0.05) is 0 Å². The van der Waals surface area contributed by atoms with Gasteiger partial charge in [0.25, 0.3) is 0 Å². The van der Waals surface area contributed by atoms with Crippen LogP contribution in [-0.2, 0) is 0 Å². The Morgan fingerprint density at radius 3 is 1.24 bits per heavy atom. The molecule has 0 unspecified atom stereocenters. The molecule has 0 heterocycles. The van der Waals surface area contributed by atoms with Gasteiger partial charge in [-0.15, -0.1) is 19.3 Å². The topological polar surface area (TPSA) is 0 Å². The van der Waals surface area contributed by atoms with Crippen molar-refractivity contribution in [3.63, 3.8) is 0 Å². The maximum Gasteiger partial charge on any atom is 0.142 e. The molecular weight excluding hydrogens is 400 g/mol. The number of unbranched alkanes of at least 4 members (excludes halogenated alkanes) is 5. The number of hydrogen-bond donors (Lipinski definition) is 0. The molecule has 0 saturated carbocycles. The minimum Gasteiger partial charge on any atom is -0.358 e. The smallest absolute Gasteiger partial charge is 0.142 e. The molecule has 2 nitrogen and oxygen atoms in total. The van der Waals surface area contributed by atoms with Crippen LogP contribution in [0.25, 0.3) is 0 Å². The van der Waals surface area contributed by atoms with Gasteiger partial charge in [0.15, 0.2) is 0 Å². The van der Waals surface area contributed by atoms with Crippen LogP contribution in [-0.4, -0.2) is 61.3 Å². The van der Waals surface area contributed by atoms with Crippen molar-refractivity contribution in [2.24, 2.45) is 0 Å². The number of nitrogens with zero attached hydrogens (tertiary/aromatic N) is 2. The zero-order valence-electron chi connectivity index (χ0n) is 22.6. The average molecular weight is 455 g/mol. The first kappa shape index (κ1) is 38.1. The fraction of sp³-hybridized carbons (Fsp3) is 0.548. The van der Waals surface area contributed by atoms with Crippen molar-refractivity contribution in [1.29, 1.82) is 0 Å². The van der Waals surface area contributed by atoms with E-state index in [9.17, 15) is 0 Å². The summed E-state index contributed by atoms with van der Waals surface area (Å²) in [6.45, 7) is 23.2. The van der Waals surface area contributed by atoms with Gasteiger partial charge in [-0.25, -0.2) is 0 Å². The van der Waals surface area contributed by atoms with Crippen LogP contribution < -0.4 is 0 Å². The first-order valence-electron chi connectivity index (χ1n) is 11.8. The molecule has 0 aromatic rings. The van der Waals surface area contributed by atoms with Crippen LogP contribution in [0.3, 0.4) is 0 Å². The first-order valence-corrected chi connectivity index (χ1v) is 11.8. The molecule has 0 bridgehead atoms. The Balaban J connectivity index is -0.000000241. The van der Waals surface area contributed by atoms with Crippen LogP contribution in [0.1, 0.15) is 58.8 Å². The number of quaternary nitrogens is 2. The summed E-state index contributed by atoms with van der Waals surface area (Å²) in [5.41, 5.74) is 0. The Morgan fingerprint density at radius 1 is 0.576 bits per heavy atom. The first-order chi connectivity index (χ1) is 15.0. The van der Waals surface area contributed by atoms with Gasteiger partial charge in [-0.05, 0) is 61.7 Å². The Hall–Kier alpha value is -2.18. The molecule has 0 aliphatic heterocycles. The van der Waals surface area contributed by atoms with Crippen LogP contribution in [0.4, 0.5) is 0 Å². The summed E-state index contributed by atoms with van der Waals surface area (Å²) in [7, 11) is 0. The number of terminal acetylenes is 3. The molecule has 0 atom stereocenters. The van der Waals surface area contributed by atoms with E-state index in [-0.39, 0.29) is 14.9 Å². The van der Waals surface area contributed by atoms with Crippen LogP contribution in [0.15, 0.2) is 38.0 Å². The third-order valence-electron chi connectivity index (χ3n) is 5.55. The lowest BCUT2D eigenvalue weighted by Gasteiger charge is -2.36. The van der Waals surface area contributed by atoms with Gasteiger partial charge in [0.05, 0.1) is 32.7 Å². The van der Waals surface area contributed by atoms with E-state index in [1.54, 1.807) is 0 Å². The second kappa shape index (κ2) is 26.1. The van der Waals surface area contributed by atoms with Gasteiger partial charge in [-0.3, -0.25) is 4.48 Å². The van der Waals surface area contributed by atoms with E-state index in [0.29, 0.717) is 24.1 Å². The summed E-state index contributed by atoms with van der Waals surface area (Å²) in [6.07, 6.45) is 31.0. The molecule has 0 aromatic carbocycles. The third-order valence-corrected chi connectivity index (χ3v) is 5.55. The summed E-state index contributed by atoms with van der Waals surface area (Å²) in [5.74, 6) is 8.10. The van der Waals surface area contributed by atoms with E-state index >= 15 is 0 Å². The molecule has 33 heavy (non-hydrogen) atoms. The lowest BCUT2D eigenvalue weighted by Crippen LogP contribution is -2.49. The van der Waals surface area contributed by atoms with Crippen molar-refractivity contribution in [2.45, 2.75) is 58.8 Å². The lowest BCUT2D eigenvalue weighted by molar-refractivity contribution is -0.912. The molecule has 0 aliphatic carbocycles. The average Bonchev–Trinajstić information content (AvgIpc) is 2.73. The monoisotopic (exact) mass is 454 g/mol. The van der Waals surface area contributed by atoms with E-state index in [1.807, 2.05) is 18.2 Å². The molecule has 2 heteroatoms. The number of rotatable bonds is 18. The number of hydrogen-bond acceptors (Lipinski definition) is 0. The van der Waals surface area contributed by atoms with Crippen LogP contribution in [0, 0.1) is 51.9 Å². The van der Waals surface area contributed by atoms with E-state index in [1.165, 1.54) is 45.1 Å². The highest BCUT2D eigenvalue weighted by molar-refractivity contribution is 4.93. The molecule has 0 fully saturated rings. The summed E-state index contributed by atoms with van der Waals surface area (Å²) in [4.78, 5) is 0. The standard InChI is InChI=1S/C15H22N.C14H26N.2CH3/c1-5-9-10-11-15-16(12-6-2,13-7-3)14-8-4;1-5-9-10-14-15(11-6-2,12-7-3)13-8-4;;/h2-4H,5,9-15H2,1H3;6-8H,2-5,9-14H2,1H3;2*1H3/q2*+1;2*-1. The Labute approximate surface area is 210 Å². The van der Waals surface area contributed by atoms with Gasteiger partial charge < -0.3 is 19.3 Å². The largest absolute Gasteiger partial charge is 0.358 e. The maximum absolute atomic E-state index is 5.40.